The van der Waals surface area contributed by atoms with Crippen molar-refractivity contribution >= 4 is 0 Å². The number of allylic oxidation sites excluding steroid dienone is 1. The van der Waals surface area contributed by atoms with Gasteiger partial charge < -0.3 is 5.32 Å². The molecule has 0 unspecified atom stereocenters. The predicted molar refractivity (Wildman–Crippen MR) is 67.1 cm³/mol. The monoisotopic (exact) mass is 203 g/mol. The van der Waals surface area contributed by atoms with Crippen LogP contribution in [0.4, 0.5) is 0 Å². The van der Waals surface area contributed by atoms with E-state index in [0.29, 0.717) is 5.92 Å². The van der Waals surface area contributed by atoms with Crippen LogP contribution < -0.4 is 5.32 Å². The van der Waals surface area contributed by atoms with E-state index in [-0.39, 0.29) is 0 Å². The predicted octanol–water partition coefficient (Wildman–Crippen LogP) is 3.48. The van der Waals surface area contributed by atoms with Crippen LogP contribution in [0.3, 0.4) is 0 Å². The van der Waals surface area contributed by atoms with E-state index >= 15 is 0 Å². The fraction of sp³-hybridized carbons (Fsp3) is 0.429. The molecular formula is C14H21N. The van der Waals surface area contributed by atoms with Crippen LogP contribution in [0.2, 0.25) is 0 Å². The van der Waals surface area contributed by atoms with Gasteiger partial charge in [0.1, 0.15) is 0 Å². The van der Waals surface area contributed by atoms with E-state index in [4.69, 9.17) is 0 Å². The zero-order valence-electron chi connectivity index (χ0n) is 9.96. The molecule has 0 aromatic heterocycles. The molecule has 0 bridgehead atoms. The zero-order chi connectivity index (χ0) is 11.1. The number of hydrogen-bond donors (Lipinski definition) is 1. The molecule has 1 rings (SSSR count). The van der Waals surface area contributed by atoms with Crippen LogP contribution >= 0.6 is 0 Å². The van der Waals surface area contributed by atoms with Gasteiger partial charge in [0.15, 0.2) is 0 Å². The molecule has 0 aliphatic carbocycles. The fourth-order valence-corrected chi connectivity index (χ4v) is 1.48. The third-order valence-electron chi connectivity index (χ3n) is 2.44. The maximum Gasteiger partial charge on any atom is 0.0208 e. The lowest BCUT2D eigenvalue weighted by Crippen LogP contribution is -2.12. The van der Waals surface area contributed by atoms with Crippen LogP contribution in [0.1, 0.15) is 37.8 Å². The van der Waals surface area contributed by atoms with Crippen molar-refractivity contribution in [3.8, 4) is 0 Å². The van der Waals surface area contributed by atoms with E-state index in [2.05, 4.69) is 55.6 Å². The van der Waals surface area contributed by atoms with Gasteiger partial charge in [-0.05, 0) is 24.0 Å². The second-order valence-corrected chi connectivity index (χ2v) is 4.10. The Morgan fingerprint density at radius 3 is 2.80 bits per heavy atom. The molecule has 1 aromatic rings. The number of nitrogens with one attached hydrogen (secondary N) is 1. The Bertz CT molecular complexity index is 313. The van der Waals surface area contributed by atoms with Gasteiger partial charge in [-0.1, -0.05) is 50.3 Å². The second-order valence-electron chi connectivity index (χ2n) is 4.10. The SMILES string of the molecule is C/C=C/CNCc1cccc(C(C)C)c1. The first-order valence-corrected chi connectivity index (χ1v) is 5.64. The molecule has 0 saturated heterocycles. The van der Waals surface area contributed by atoms with Crippen LogP contribution in [-0.2, 0) is 6.54 Å². The maximum atomic E-state index is 3.38. The van der Waals surface area contributed by atoms with Gasteiger partial charge in [-0.3, -0.25) is 0 Å². The average molecular weight is 203 g/mol. The molecule has 0 atom stereocenters. The van der Waals surface area contributed by atoms with Crippen LogP contribution in [0, 0.1) is 0 Å². The van der Waals surface area contributed by atoms with Gasteiger partial charge in [0.25, 0.3) is 0 Å². The molecule has 0 aliphatic rings. The number of hydrogen-bond acceptors (Lipinski definition) is 1. The van der Waals surface area contributed by atoms with Crippen molar-refractivity contribution in [1.29, 1.82) is 0 Å². The summed E-state index contributed by atoms with van der Waals surface area (Å²) in [5.41, 5.74) is 2.78. The molecule has 0 aliphatic heterocycles. The molecule has 0 saturated carbocycles. The summed E-state index contributed by atoms with van der Waals surface area (Å²) in [7, 11) is 0. The molecule has 1 N–H and O–H groups in total. The first kappa shape index (κ1) is 12.0. The Hall–Kier alpha value is -1.08. The highest BCUT2D eigenvalue weighted by Gasteiger charge is 1.99. The molecule has 0 fully saturated rings. The molecule has 0 amide bonds. The minimum Gasteiger partial charge on any atom is -0.309 e. The molecule has 0 heterocycles. The normalized spacial score (nSPS) is 11.5. The van der Waals surface area contributed by atoms with Crippen molar-refractivity contribution in [3.05, 3.63) is 47.5 Å². The summed E-state index contributed by atoms with van der Waals surface area (Å²) in [4.78, 5) is 0. The topological polar surface area (TPSA) is 12.0 Å². The lowest BCUT2D eigenvalue weighted by atomic mass is 10.0. The smallest absolute Gasteiger partial charge is 0.0208 e. The Balaban J connectivity index is 2.50. The van der Waals surface area contributed by atoms with Crippen LogP contribution in [0.5, 0.6) is 0 Å². The first-order chi connectivity index (χ1) is 7.24. The summed E-state index contributed by atoms with van der Waals surface area (Å²) in [5.74, 6) is 0.612. The van der Waals surface area contributed by atoms with E-state index in [0.717, 1.165) is 13.1 Å². The second kappa shape index (κ2) is 6.41. The highest BCUT2D eigenvalue weighted by Crippen LogP contribution is 2.15. The lowest BCUT2D eigenvalue weighted by Gasteiger charge is -2.08. The van der Waals surface area contributed by atoms with E-state index < -0.39 is 0 Å². The summed E-state index contributed by atoms with van der Waals surface area (Å²) >= 11 is 0. The van der Waals surface area contributed by atoms with Gasteiger partial charge in [0.2, 0.25) is 0 Å². The highest BCUT2D eigenvalue weighted by molar-refractivity contribution is 5.25. The Labute approximate surface area is 93.2 Å². The van der Waals surface area contributed by atoms with Crippen molar-refractivity contribution in [2.45, 2.75) is 33.2 Å². The molecule has 15 heavy (non-hydrogen) atoms. The fourth-order valence-electron chi connectivity index (χ4n) is 1.48. The minimum absolute atomic E-state index is 0.612. The zero-order valence-corrected chi connectivity index (χ0v) is 9.96. The van der Waals surface area contributed by atoms with Crippen LogP contribution in [0.25, 0.3) is 0 Å². The van der Waals surface area contributed by atoms with Crippen molar-refractivity contribution in [2.24, 2.45) is 0 Å². The van der Waals surface area contributed by atoms with Crippen molar-refractivity contribution < 1.29 is 0 Å². The van der Waals surface area contributed by atoms with Crippen molar-refractivity contribution in [2.75, 3.05) is 6.54 Å². The van der Waals surface area contributed by atoms with Gasteiger partial charge in [-0.25, -0.2) is 0 Å². The van der Waals surface area contributed by atoms with Gasteiger partial charge >= 0.3 is 0 Å². The van der Waals surface area contributed by atoms with Crippen LogP contribution in [0.15, 0.2) is 36.4 Å². The van der Waals surface area contributed by atoms with E-state index in [1.165, 1.54) is 11.1 Å². The Morgan fingerprint density at radius 1 is 1.33 bits per heavy atom. The largest absolute Gasteiger partial charge is 0.309 e. The highest BCUT2D eigenvalue weighted by atomic mass is 14.8. The number of benzene rings is 1. The number of rotatable bonds is 5. The van der Waals surface area contributed by atoms with Gasteiger partial charge in [-0.15, -0.1) is 0 Å². The van der Waals surface area contributed by atoms with E-state index in [1.54, 1.807) is 0 Å². The minimum atomic E-state index is 0.612. The molecule has 1 heteroatoms. The summed E-state index contributed by atoms with van der Waals surface area (Å²) in [6.07, 6.45) is 4.20. The van der Waals surface area contributed by atoms with E-state index in [1.807, 2.05) is 6.92 Å². The maximum absolute atomic E-state index is 3.38. The van der Waals surface area contributed by atoms with Crippen molar-refractivity contribution in [3.63, 3.8) is 0 Å². The molecule has 1 nitrogen and oxygen atoms in total. The Kier molecular flexibility index (Phi) is 5.13. The molecule has 1 aromatic carbocycles. The quantitative estimate of drug-likeness (QED) is 0.570. The Morgan fingerprint density at radius 2 is 2.13 bits per heavy atom. The molecule has 82 valence electrons. The molecule has 0 spiro atoms. The van der Waals surface area contributed by atoms with E-state index in [9.17, 15) is 0 Å². The van der Waals surface area contributed by atoms with Gasteiger partial charge in [-0.2, -0.15) is 0 Å². The lowest BCUT2D eigenvalue weighted by molar-refractivity contribution is 0.755. The third kappa shape index (κ3) is 4.30. The van der Waals surface area contributed by atoms with Gasteiger partial charge in [0, 0.05) is 13.1 Å². The third-order valence-corrected chi connectivity index (χ3v) is 2.44. The average Bonchev–Trinajstić information content (AvgIpc) is 2.25. The standard InChI is InChI=1S/C14H21N/c1-4-5-9-15-11-13-7-6-8-14(10-13)12(2)3/h4-8,10,12,15H,9,11H2,1-3H3/b5-4+. The summed E-state index contributed by atoms with van der Waals surface area (Å²) in [6, 6.07) is 8.80. The summed E-state index contributed by atoms with van der Waals surface area (Å²) < 4.78 is 0. The van der Waals surface area contributed by atoms with Gasteiger partial charge in [0.05, 0.1) is 0 Å². The van der Waals surface area contributed by atoms with Crippen molar-refractivity contribution in [1.82, 2.24) is 5.32 Å². The first-order valence-electron chi connectivity index (χ1n) is 5.64. The summed E-state index contributed by atoms with van der Waals surface area (Å²) in [5, 5.41) is 3.38. The molecule has 0 radical (unpaired) electrons. The van der Waals surface area contributed by atoms with Crippen LogP contribution in [-0.4, -0.2) is 6.54 Å². The molecular weight excluding hydrogens is 182 g/mol. The summed E-state index contributed by atoms with van der Waals surface area (Å²) in [6.45, 7) is 8.40.